The number of aryl methyl sites for hydroxylation is 1. The Morgan fingerprint density at radius 1 is 1.21 bits per heavy atom. The normalized spacial score (nSPS) is 18.4. The predicted molar refractivity (Wildman–Crippen MR) is 57.6 cm³/mol. The van der Waals surface area contributed by atoms with Gasteiger partial charge < -0.3 is 0 Å². The molecule has 1 aromatic heterocycles. The van der Waals surface area contributed by atoms with Crippen molar-refractivity contribution >= 4 is 11.6 Å². The van der Waals surface area contributed by atoms with Gasteiger partial charge in [0.15, 0.2) is 5.15 Å². The SMILES string of the molecule is Cc1cc(C2CCCCC2)nnc1Cl. The van der Waals surface area contributed by atoms with Crippen molar-refractivity contribution in [1.29, 1.82) is 0 Å². The average molecular weight is 211 g/mol. The van der Waals surface area contributed by atoms with E-state index in [1.807, 2.05) is 6.92 Å². The van der Waals surface area contributed by atoms with Gasteiger partial charge in [0.2, 0.25) is 0 Å². The van der Waals surface area contributed by atoms with Crippen LogP contribution in [-0.2, 0) is 0 Å². The molecule has 1 heterocycles. The molecule has 0 aromatic carbocycles. The number of aromatic nitrogens is 2. The van der Waals surface area contributed by atoms with Crippen LogP contribution in [0.2, 0.25) is 5.15 Å². The van der Waals surface area contributed by atoms with Gasteiger partial charge in [-0.2, -0.15) is 5.10 Å². The molecule has 0 unspecified atom stereocenters. The lowest BCUT2D eigenvalue weighted by atomic mass is 9.86. The molecule has 1 aliphatic rings. The van der Waals surface area contributed by atoms with Crippen molar-refractivity contribution in [2.45, 2.75) is 44.9 Å². The molecule has 1 saturated carbocycles. The Hall–Kier alpha value is -0.630. The van der Waals surface area contributed by atoms with Gasteiger partial charge in [-0.25, -0.2) is 0 Å². The van der Waals surface area contributed by atoms with Gasteiger partial charge in [0.25, 0.3) is 0 Å². The van der Waals surface area contributed by atoms with Gasteiger partial charge >= 0.3 is 0 Å². The van der Waals surface area contributed by atoms with Gasteiger partial charge in [-0.1, -0.05) is 30.9 Å². The van der Waals surface area contributed by atoms with E-state index in [-0.39, 0.29) is 0 Å². The van der Waals surface area contributed by atoms with Crippen molar-refractivity contribution < 1.29 is 0 Å². The van der Waals surface area contributed by atoms with Gasteiger partial charge in [0, 0.05) is 5.92 Å². The molecule has 0 saturated heterocycles. The Morgan fingerprint density at radius 2 is 1.93 bits per heavy atom. The molecule has 0 radical (unpaired) electrons. The fourth-order valence-corrected chi connectivity index (χ4v) is 2.18. The summed E-state index contributed by atoms with van der Waals surface area (Å²) in [6, 6.07) is 2.09. The topological polar surface area (TPSA) is 25.8 Å². The van der Waals surface area contributed by atoms with Crippen molar-refractivity contribution in [2.24, 2.45) is 0 Å². The summed E-state index contributed by atoms with van der Waals surface area (Å²) >= 11 is 5.85. The number of halogens is 1. The van der Waals surface area contributed by atoms with E-state index in [0.717, 1.165) is 11.3 Å². The molecular formula is C11H15ClN2. The Morgan fingerprint density at radius 3 is 2.57 bits per heavy atom. The second-order valence-electron chi connectivity index (χ2n) is 4.08. The van der Waals surface area contributed by atoms with Crippen LogP contribution in [0, 0.1) is 6.92 Å². The molecule has 1 aliphatic carbocycles. The minimum Gasteiger partial charge on any atom is -0.154 e. The van der Waals surface area contributed by atoms with Crippen LogP contribution < -0.4 is 0 Å². The molecule has 1 aromatic rings. The zero-order valence-corrected chi connectivity index (χ0v) is 9.22. The first-order valence-corrected chi connectivity index (χ1v) is 5.65. The minimum atomic E-state index is 0.532. The van der Waals surface area contributed by atoms with Crippen LogP contribution in [0.1, 0.15) is 49.3 Å². The van der Waals surface area contributed by atoms with Crippen LogP contribution in [-0.4, -0.2) is 10.2 Å². The van der Waals surface area contributed by atoms with Crippen molar-refractivity contribution in [3.8, 4) is 0 Å². The number of rotatable bonds is 1. The van der Waals surface area contributed by atoms with E-state index in [9.17, 15) is 0 Å². The molecule has 0 spiro atoms. The molecule has 3 heteroatoms. The highest BCUT2D eigenvalue weighted by Crippen LogP contribution is 2.31. The predicted octanol–water partition coefficient (Wildman–Crippen LogP) is 3.49. The van der Waals surface area contributed by atoms with E-state index in [0.29, 0.717) is 11.1 Å². The number of hydrogen-bond acceptors (Lipinski definition) is 2. The Labute approximate surface area is 89.7 Å². The second-order valence-corrected chi connectivity index (χ2v) is 4.44. The van der Waals surface area contributed by atoms with Crippen LogP contribution in [0.15, 0.2) is 6.07 Å². The van der Waals surface area contributed by atoms with E-state index in [2.05, 4.69) is 16.3 Å². The number of nitrogens with zero attached hydrogens (tertiary/aromatic N) is 2. The standard InChI is InChI=1S/C11H15ClN2/c1-8-7-10(13-14-11(8)12)9-5-3-2-4-6-9/h7,9H,2-6H2,1H3. The van der Waals surface area contributed by atoms with Crippen LogP contribution >= 0.6 is 11.6 Å². The van der Waals surface area contributed by atoms with Crippen molar-refractivity contribution in [3.63, 3.8) is 0 Å². The van der Waals surface area contributed by atoms with Crippen molar-refractivity contribution in [2.75, 3.05) is 0 Å². The largest absolute Gasteiger partial charge is 0.154 e. The lowest BCUT2D eigenvalue weighted by molar-refractivity contribution is 0.434. The molecule has 14 heavy (non-hydrogen) atoms. The second kappa shape index (κ2) is 4.26. The summed E-state index contributed by atoms with van der Waals surface area (Å²) in [6.45, 7) is 1.99. The molecule has 0 atom stereocenters. The average Bonchev–Trinajstić information content (AvgIpc) is 2.23. The molecule has 0 aliphatic heterocycles. The first kappa shape index (κ1) is 9.91. The lowest BCUT2D eigenvalue weighted by Crippen LogP contribution is -2.07. The highest BCUT2D eigenvalue weighted by Gasteiger charge is 2.17. The van der Waals surface area contributed by atoms with E-state index < -0.39 is 0 Å². The first-order chi connectivity index (χ1) is 6.77. The molecule has 76 valence electrons. The van der Waals surface area contributed by atoms with E-state index >= 15 is 0 Å². The quantitative estimate of drug-likeness (QED) is 0.709. The third-order valence-electron chi connectivity index (χ3n) is 2.97. The summed E-state index contributed by atoms with van der Waals surface area (Å²) in [5, 5.41) is 8.68. The van der Waals surface area contributed by atoms with Crippen LogP contribution in [0.5, 0.6) is 0 Å². The molecule has 2 nitrogen and oxygen atoms in total. The molecule has 0 bridgehead atoms. The van der Waals surface area contributed by atoms with Crippen LogP contribution in [0.25, 0.3) is 0 Å². The van der Waals surface area contributed by atoms with Crippen LogP contribution in [0.3, 0.4) is 0 Å². The van der Waals surface area contributed by atoms with Gasteiger partial charge in [-0.3, -0.25) is 0 Å². The summed E-state index contributed by atoms with van der Waals surface area (Å²) in [4.78, 5) is 0. The summed E-state index contributed by atoms with van der Waals surface area (Å²) in [6.07, 6.45) is 6.55. The third kappa shape index (κ3) is 2.06. The van der Waals surface area contributed by atoms with Crippen LogP contribution in [0.4, 0.5) is 0 Å². The smallest absolute Gasteiger partial charge is 0.154 e. The summed E-state index contributed by atoms with van der Waals surface area (Å²) in [7, 11) is 0. The van der Waals surface area contributed by atoms with Gasteiger partial charge in [-0.05, 0) is 31.4 Å². The van der Waals surface area contributed by atoms with Gasteiger partial charge in [0.05, 0.1) is 5.69 Å². The molecular weight excluding hydrogens is 196 g/mol. The maximum Gasteiger partial charge on any atom is 0.154 e. The van der Waals surface area contributed by atoms with E-state index in [1.165, 1.54) is 32.1 Å². The highest BCUT2D eigenvalue weighted by atomic mass is 35.5. The zero-order valence-electron chi connectivity index (χ0n) is 8.46. The Kier molecular flexibility index (Phi) is 3.02. The van der Waals surface area contributed by atoms with Gasteiger partial charge in [-0.15, -0.1) is 5.10 Å². The molecule has 2 rings (SSSR count). The van der Waals surface area contributed by atoms with Crippen molar-refractivity contribution in [1.82, 2.24) is 10.2 Å². The Balaban J connectivity index is 2.18. The van der Waals surface area contributed by atoms with E-state index in [1.54, 1.807) is 0 Å². The fraction of sp³-hybridized carbons (Fsp3) is 0.636. The zero-order chi connectivity index (χ0) is 9.97. The number of hydrogen-bond donors (Lipinski definition) is 0. The maximum absolute atomic E-state index is 5.85. The summed E-state index contributed by atoms with van der Waals surface area (Å²) in [5.41, 5.74) is 2.17. The third-order valence-corrected chi connectivity index (χ3v) is 3.34. The lowest BCUT2D eigenvalue weighted by Gasteiger charge is -2.20. The summed E-state index contributed by atoms with van der Waals surface area (Å²) < 4.78 is 0. The molecule has 0 N–H and O–H groups in total. The van der Waals surface area contributed by atoms with E-state index in [4.69, 9.17) is 11.6 Å². The molecule has 1 fully saturated rings. The maximum atomic E-state index is 5.85. The Bertz CT molecular complexity index is 319. The molecule has 0 amide bonds. The monoisotopic (exact) mass is 210 g/mol. The van der Waals surface area contributed by atoms with Crippen molar-refractivity contribution in [3.05, 3.63) is 22.5 Å². The minimum absolute atomic E-state index is 0.532. The van der Waals surface area contributed by atoms with Gasteiger partial charge in [0.1, 0.15) is 0 Å². The first-order valence-electron chi connectivity index (χ1n) is 5.27. The highest BCUT2D eigenvalue weighted by molar-refractivity contribution is 6.30. The fourth-order valence-electron chi connectivity index (χ4n) is 2.09. The summed E-state index contributed by atoms with van der Waals surface area (Å²) in [5.74, 6) is 0.618.